The number of rotatable bonds is 6. The summed E-state index contributed by atoms with van der Waals surface area (Å²) in [5.74, 6) is -0.421. The third-order valence-electron chi connectivity index (χ3n) is 5.29. The summed E-state index contributed by atoms with van der Waals surface area (Å²) >= 11 is 0. The van der Waals surface area contributed by atoms with Gasteiger partial charge < -0.3 is 15.4 Å². The van der Waals surface area contributed by atoms with Crippen molar-refractivity contribution in [1.82, 2.24) is 10.6 Å². The number of alkyl carbamates (subject to hydrolysis) is 1. The van der Waals surface area contributed by atoms with Crippen molar-refractivity contribution in [3.05, 3.63) is 35.9 Å². The Bertz CT molecular complexity index is 781. The summed E-state index contributed by atoms with van der Waals surface area (Å²) in [6.45, 7) is 8.26. The topological polar surface area (TPSA) is 102 Å². The molecule has 0 bridgehead atoms. The van der Waals surface area contributed by atoms with Gasteiger partial charge in [-0.3, -0.25) is 4.79 Å². The van der Waals surface area contributed by atoms with Gasteiger partial charge in [0.25, 0.3) is 0 Å². The first kappa shape index (κ1) is 21.2. The van der Waals surface area contributed by atoms with Crippen molar-refractivity contribution < 1.29 is 22.7 Å². The van der Waals surface area contributed by atoms with E-state index in [1.807, 2.05) is 30.3 Å². The Labute approximate surface area is 160 Å². The van der Waals surface area contributed by atoms with Gasteiger partial charge in [0.1, 0.15) is 12.6 Å². The largest absolute Gasteiger partial charge is 0.445 e. The van der Waals surface area contributed by atoms with Crippen LogP contribution in [0.2, 0.25) is 0 Å². The van der Waals surface area contributed by atoms with E-state index in [0.29, 0.717) is 6.42 Å². The Morgan fingerprint density at radius 2 is 1.67 bits per heavy atom. The second-order valence-electron chi connectivity index (χ2n) is 7.82. The van der Waals surface area contributed by atoms with Crippen molar-refractivity contribution >= 4 is 21.8 Å². The molecule has 1 aliphatic heterocycles. The van der Waals surface area contributed by atoms with E-state index in [0.717, 1.165) is 5.56 Å². The van der Waals surface area contributed by atoms with Crippen molar-refractivity contribution in [3.8, 4) is 0 Å². The smallest absolute Gasteiger partial charge is 0.408 e. The number of benzene rings is 1. The average molecular weight is 397 g/mol. The van der Waals surface area contributed by atoms with E-state index < -0.39 is 43.4 Å². The van der Waals surface area contributed by atoms with Crippen molar-refractivity contribution in [1.29, 1.82) is 0 Å². The number of hydrogen-bond acceptors (Lipinski definition) is 5. The molecule has 2 amide bonds. The van der Waals surface area contributed by atoms with E-state index in [2.05, 4.69) is 10.6 Å². The number of sulfone groups is 1. The lowest BCUT2D eigenvalue weighted by Gasteiger charge is -2.56. The molecule has 8 heteroatoms. The van der Waals surface area contributed by atoms with Gasteiger partial charge in [0.2, 0.25) is 5.91 Å². The van der Waals surface area contributed by atoms with Gasteiger partial charge in [-0.1, -0.05) is 37.3 Å². The highest BCUT2D eigenvalue weighted by Crippen LogP contribution is 2.48. The van der Waals surface area contributed by atoms with Crippen LogP contribution in [-0.4, -0.2) is 42.0 Å². The molecule has 1 unspecified atom stereocenters. The van der Waals surface area contributed by atoms with Gasteiger partial charge in [-0.2, -0.15) is 0 Å². The van der Waals surface area contributed by atoms with Crippen LogP contribution in [0.25, 0.3) is 0 Å². The van der Waals surface area contributed by atoms with Crippen molar-refractivity contribution in [2.75, 3.05) is 0 Å². The fraction of sp³-hybridized carbons (Fsp3) is 0.579. The van der Waals surface area contributed by atoms with Crippen LogP contribution in [-0.2, 0) is 26.0 Å². The maximum absolute atomic E-state index is 12.6. The maximum Gasteiger partial charge on any atom is 0.408 e. The van der Waals surface area contributed by atoms with Gasteiger partial charge >= 0.3 is 6.09 Å². The highest BCUT2D eigenvalue weighted by molar-refractivity contribution is 7.95. The Kier molecular flexibility index (Phi) is 5.89. The third kappa shape index (κ3) is 3.81. The molecule has 1 atom stereocenters. The van der Waals surface area contributed by atoms with Crippen LogP contribution in [0.1, 0.15) is 46.6 Å². The minimum absolute atomic E-state index is 0.103. The van der Waals surface area contributed by atoms with E-state index in [-0.39, 0.29) is 6.61 Å². The standard InChI is InChI=1S/C19H28N2O5S/c1-6-14(20-17(23)26-12-13-10-8-7-9-11-13)15(22)21-16-18(2,3)27(24,25)19(16,4)5/h7-11,14,16H,6,12H2,1-5H3,(H,20,23)(H,21,22). The van der Waals surface area contributed by atoms with Crippen LogP contribution >= 0.6 is 0 Å². The monoisotopic (exact) mass is 396 g/mol. The lowest BCUT2D eigenvalue weighted by atomic mass is 9.89. The van der Waals surface area contributed by atoms with Gasteiger partial charge in [-0.15, -0.1) is 0 Å². The summed E-state index contributed by atoms with van der Waals surface area (Å²) in [5, 5.41) is 5.34. The molecule has 0 radical (unpaired) electrons. The van der Waals surface area contributed by atoms with Gasteiger partial charge in [0.15, 0.2) is 9.84 Å². The van der Waals surface area contributed by atoms with Crippen LogP contribution in [0.15, 0.2) is 30.3 Å². The number of carbonyl (C=O) groups is 2. The SMILES string of the molecule is CCC(NC(=O)OCc1ccccc1)C(=O)NC1C(C)(C)S(=O)(=O)C1(C)C. The first-order chi connectivity index (χ1) is 12.4. The molecule has 1 fully saturated rings. The van der Waals surface area contributed by atoms with Gasteiger partial charge in [-0.05, 0) is 39.7 Å². The summed E-state index contributed by atoms with van der Waals surface area (Å²) < 4.78 is 27.8. The number of nitrogens with one attached hydrogen (secondary N) is 2. The molecule has 1 aromatic rings. The van der Waals surface area contributed by atoms with E-state index >= 15 is 0 Å². The molecule has 0 spiro atoms. The zero-order chi connectivity index (χ0) is 20.5. The van der Waals surface area contributed by atoms with Crippen molar-refractivity contribution in [3.63, 3.8) is 0 Å². The molecule has 0 saturated carbocycles. The summed E-state index contributed by atoms with van der Waals surface area (Å²) in [6.07, 6.45) is -0.340. The number of carbonyl (C=O) groups excluding carboxylic acids is 2. The van der Waals surface area contributed by atoms with Crippen LogP contribution < -0.4 is 10.6 Å². The molecule has 2 N–H and O–H groups in total. The summed E-state index contributed by atoms with van der Waals surface area (Å²) in [7, 11) is -3.35. The molecule has 0 aliphatic carbocycles. The maximum atomic E-state index is 12.6. The normalized spacial score (nSPS) is 20.8. The minimum Gasteiger partial charge on any atom is -0.445 e. The zero-order valence-corrected chi connectivity index (χ0v) is 17.2. The van der Waals surface area contributed by atoms with Crippen LogP contribution in [0.3, 0.4) is 0 Å². The fourth-order valence-corrected chi connectivity index (χ4v) is 6.12. The molecule has 0 aromatic heterocycles. The van der Waals surface area contributed by atoms with Gasteiger partial charge in [0.05, 0.1) is 15.5 Å². The summed E-state index contributed by atoms with van der Waals surface area (Å²) in [6, 6.07) is 7.87. The highest BCUT2D eigenvalue weighted by atomic mass is 32.2. The molecule has 1 aromatic carbocycles. The number of ether oxygens (including phenoxy) is 1. The van der Waals surface area contributed by atoms with Crippen LogP contribution in [0.5, 0.6) is 0 Å². The van der Waals surface area contributed by atoms with E-state index in [4.69, 9.17) is 4.74 Å². The minimum atomic E-state index is -3.35. The zero-order valence-electron chi connectivity index (χ0n) is 16.4. The lowest BCUT2D eigenvalue weighted by molar-refractivity contribution is -0.124. The number of hydrogen-bond donors (Lipinski definition) is 2. The first-order valence-corrected chi connectivity index (χ1v) is 10.4. The Balaban J connectivity index is 1.95. The first-order valence-electron chi connectivity index (χ1n) is 8.97. The Morgan fingerprint density at radius 1 is 1.11 bits per heavy atom. The summed E-state index contributed by atoms with van der Waals surface area (Å²) in [4.78, 5) is 24.6. The molecule has 150 valence electrons. The Hall–Kier alpha value is -2.09. The Morgan fingerprint density at radius 3 is 2.19 bits per heavy atom. The molecule has 7 nitrogen and oxygen atoms in total. The van der Waals surface area contributed by atoms with Crippen LogP contribution in [0.4, 0.5) is 4.79 Å². The average Bonchev–Trinajstić information content (AvgIpc) is 2.62. The highest BCUT2D eigenvalue weighted by Gasteiger charge is 2.67. The lowest BCUT2D eigenvalue weighted by Crippen LogP contribution is -2.78. The second-order valence-corrected chi connectivity index (χ2v) is 10.9. The summed E-state index contributed by atoms with van der Waals surface area (Å²) in [5.41, 5.74) is 0.841. The van der Waals surface area contributed by atoms with Crippen molar-refractivity contribution in [2.45, 2.75) is 69.2 Å². The molecule has 27 heavy (non-hydrogen) atoms. The predicted molar refractivity (Wildman–Crippen MR) is 103 cm³/mol. The predicted octanol–water partition coefficient (Wildman–Crippen LogP) is 2.16. The van der Waals surface area contributed by atoms with Gasteiger partial charge in [-0.25, -0.2) is 13.2 Å². The van der Waals surface area contributed by atoms with E-state index in [1.54, 1.807) is 34.6 Å². The quantitative estimate of drug-likeness (QED) is 0.767. The fourth-order valence-electron chi connectivity index (χ4n) is 3.62. The van der Waals surface area contributed by atoms with Gasteiger partial charge in [0, 0.05) is 0 Å². The molecule has 1 saturated heterocycles. The van der Waals surface area contributed by atoms with E-state index in [9.17, 15) is 18.0 Å². The molecule has 2 rings (SSSR count). The molecular weight excluding hydrogens is 368 g/mol. The molecule has 1 heterocycles. The second kappa shape index (κ2) is 7.50. The van der Waals surface area contributed by atoms with Crippen LogP contribution in [0, 0.1) is 0 Å². The van der Waals surface area contributed by atoms with Crippen molar-refractivity contribution in [2.24, 2.45) is 0 Å². The third-order valence-corrected chi connectivity index (χ3v) is 8.53. The molecule has 1 aliphatic rings. The molecular formula is C19H28N2O5S. The van der Waals surface area contributed by atoms with E-state index in [1.165, 1.54) is 0 Å². The number of amides is 2.